The van der Waals surface area contributed by atoms with Crippen molar-refractivity contribution in [1.82, 2.24) is 0 Å². The van der Waals surface area contributed by atoms with E-state index in [0.717, 1.165) is 6.54 Å². The molecular formula is C5H11N2+. The Morgan fingerprint density at radius 3 is 2.71 bits per heavy atom. The standard InChI is InChI=1S/C5H10N2/c1-4-3-6-5(2)7-4/h4H,3H2,1-2H3,(H,6,7)/p+1. The maximum Gasteiger partial charge on any atom is 0.192 e. The van der Waals surface area contributed by atoms with Crippen LogP contribution >= 0.6 is 0 Å². The van der Waals surface area contributed by atoms with E-state index in [0.29, 0.717) is 6.04 Å². The molecule has 1 aliphatic rings. The Balaban J connectivity index is 2.50. The predicted molar refractivity (Wildman–Crippen MR) is 29.4 cm³/mol. The van der Waals surface area contributed by atoms with Crippen LogP contribution < -0.4 is 5.32 Å². The molecule has 0 saturated carbocycles. The minimum Gasteiger partial charge on any atom is -0.300 e. The molecule has 0 saturated heterocycles. The van der Waals surface area contributed by atoms with Gasteiger partial charge in [0.15, 0.2) is 5.84 Å². The monoisotopic (exact) mass is 99.1 g/mol. The molecule has 2 heteroatoms. The van der Waals surface area contributed by atoms with Crippen LogP contribution in [-0.4, -0.2) is 18.4 Å². The van der Waals surface area contributed by atoms with Gasteiger partial charge in [-0.05, 0) is 6.92 Å². The van der Waals surface area contributed by atoms with E-state index in [2.05, 4.69) is 17.2 Å². The maximum atomic E-state index is 4.25. The number of quaternary nitrogens is 1. The molecule has 1 unspecified atom stereocenters. The molecule has 0 fully saturated rings. The lowest BCUT2D eigenvalue weighted by Gasteiger charge is -1.85. The minimum atomic E-state index is 0.556. The zero-order chi connectivity index (χ0) is 5.28. The van der Waals surface area contributed by atoms with E-state index in [9.17, 15) is 0 Å². The van der Waals surface area contributed by atoms with E-state index in [1.165, 1.54) is 5.84 Å². The van der Waals surface area contributed by atoms with Gasteiger partial charge in [-0.15, -0.1) is 0 Å². The molecule has 7 heavy (non-hydrogen) atoms. The fourth-order valence-corrected chi connectivity index (χ4v) is 0.794. The van der Waals surface area contributed by atoms with Crippen LogP contribution in [0.25, 0.3) is 0 Å². The average molecular weight is 99.2 g/mol. The Bertz CT molecular complexity index is 96.3. The number of hydrogen-bond donors (Lipinski definition) is 1. The molecule has 0 aromatic heterocycles. The van der Waals surface area contributed by atoms with Crippen LogP contribution in [0.5, 0.6) is 0 Å². The number of nitrogens with two attached hydrogens (primary N) is 1. The Kier molecular flexibility index (Phi) is 1.11. The molecular weight excluding hydrogens is 88.1 g/mol. The third-order valence-corrected chi connectivity index (χ3v) is 1.18. The van der Waals surface area contributed by atoms with Crippen LogP contribution in [-0.2, 0) is 0 Å². The summed E-state index contributed by atoms with van der Waals surface area (Å²) in [5.74, 6) is 1.20. The lowest BCUT2D eigenvalue weighted by molar-refractivity contribution is -0.531. The van der Waals surface area contributed by atoms with Crippen molar-refractivity contribution in [3.05, 3.63) is 0 Å². The first-order chi connectivity index (χ1) is 3.29. The molecule has 0 aromatic rings. The summed E-state index contributed by atoms with van der Waals surface area (Å²) in [6.45, 7) is 5.32. The molecule has 0 bridgehead atoms. The molecule has 0 amide bonds. The molecule has 40 valence electrons. The first-order valence-electron chi connectivity index (χ1n) is 2.66. The summed E-state index contributed by atoms with van der Waals surface area (Å²) < 4.78 is 0. The summed E-state index contributed by atoms with van der Waals surface area (Å²) >= 11 is 0. The van der Waals surface area contributed by atoms with Gasteiger partial charge in [0.05, 0.1) is 0 Å². The maximum absolute atomic E-state index is 4.25. The van der Waals surface area contributed by atoms with Crippen molar-refractivity contribution in [1.29, 1.82) is 0 Å². The van der Waals surface area contributed by atoms with Gasteiger partial charge in [-0.2, -0.15) is 0 Å². The first-order valence-corrected chi connectivity index (χ1v) is 2.66. The van der Waals surface area contributed by atoms with E-state index in [1.807, 2.05) is 6.92 Å². The van der Waals surface area contributed by atoms with Gasteiger partial charge in [0, 0.05) is 6.92 Å². The fraction of sp³-hybridized carbons (Fsp3) is 0.800. The van der Waals surface area contributed by atoms with Crippen molar-refractivity contribution in [2.45, 2.75) is 19.9 Å². The van der Waals surface area contributed by atoms with Crippen LogP contribution in [0, 0.1) is 0 Å². The number of nitrogens with zero attached hydrogens (tertiary/aromatic N) is 1. The van der Waals surface area contributed by atoms with Crippen molar-refractivity contribution in [3.8, 4) is 0 Å². The highest BCUT2D eigenvalue weighted by Gasteiger charge is 2.10. The second-order valence-electron chi connectivity index (χ2n) is 2.06. The predicted octanol–water partition coefficient (Wildman–Crippen LogP) is -0.630. The largest absolute Gasteiger partial charge is 0.300 e. The molecule has 2 nitrogen and oxygen atoms in total. The summed E-state index contributed by atoms with van der Waals surface area (Å²) in [4.78, 5) is 4.25. The van der Waals surface area contributed by atoms with Gasteiger partial charge in [0.1, 0.15) is 12.6 Å². The minimum absolute atomic E-state index is 0.556. The molecule has 1 aliphatic heterocycles. The molecule has 0 spiro atoms. The van der Waals surface area contributed by atoms with Crippen LogP contribution in [0.4, 0.5) is 0 Å². The van der Waals surface area contributed by atoms with Crippen molar-refractivity contribution >= 4 is 5.84 Å². The van der Waals surface area contributed by atoms with Crippen LogP contribution in [0.3, 0.4) is 0 Å². The summed E-state index contributed by atoms with van der Waals surface area (Å²) in [6.07, 6.45) is 0. The van der Waals surface area contributed by atoms with Crippen molar-refractivity contribution in [2.75, 3.05) is 6.54 Å². The zero-order valence-electron chi connectivity index (χ0n) is 4.81. The Morgan fingerprint density at radius 1 is 1.86 bits per heavy atom. The molecule has 1 heterocycles. The molecule has 0 aromatic carbocycles. The Morgan fingerprint density at radius 2 is 2.57 bits per heavy atom. The summed E-state index contributed by atoms with van der Waals surface area (Å²) in [5.41, 5.74) is 0. The Labute approximate surface area is 43.6 Å². The van der Waals surface area contributed by atoms with Crippen molar-refractivity contribution in [2.24, 2.45) is 4.99 Å². The van der Waals surface area contributed by atoms with Gasteiger partial charge in [-0.1, -0.05) is 0 Å². The number of amidine groups is 1. The smallest absolute Gasteiger partial charge is 0.192 e. The van der Waals surface area contributed by atoms with Crippen molar-refractivity contribution in [3.63, 3.8) is 0 Å². The van der Waals surface area contributed by atoms with Crippen molar-refractivity contribution < 1.29 is 5.32 Å². The van der Waals surface area contributed by atoms with Gasteiger partial charge in [0.25, 0.3) is 0 Å². The average Bonchev–Trinajstić information content (AvgIpc) is 1.87. The first kappa shape index (κ1) is 4.78. The second-order valence-corrected chi connectivity index (χ2v) is 2.06. The SMILES string of the molecule is CC1=NC(C)C[NH2+]1. The van der Waals surface area contributed by atoms with Crippen LogP contribution in [0.2, 0.25) is 0 Å². The van der Waals surface area contributed by atoms with E-state index in [1.54, 1.807) is 0 Å². The van der Waals surface area contributed by atoms with Gasteiger partial charge < -0.3 is 0 Å². The van der Waals surface area contributed by atoms with Gasteiger partial charge in [0.2, 0.25) is 0 Å². The topological polar surface area (TPSA) is 29.0 Å². The third kappa shape index (κ3) is 0.996. The lowest BCUT2D eigenvalue weighted by atomic mass is 10.4. The van der Waals surface area contributed by atoms with E-state index in [4.69, 9.17) is 0 Å². The van der Waals surface area contributed by atoms with Gasteiger partial charge >= 0.3 is 0 Å². The van der Waals surface area contributed by atoms with E-state index < -0.39 is 0 Å². The highest BCUT2D eigenvalue weighted by Crippen LogP contribution is 1.87. The van der Waals surface area contributed by atoms with Gasteiger partial charge in [-0.25, -0.2) is 4.99 Å². The fourth-order valence-electron chi connectivity index (χ4n) is 0.794. The van der Waals surface area contributed by atoms with Crippen LogP contribution in [0.1, 0.15) is 13.8 Å². The normalized spacial score (nSPS) is 30.6. The third-order valence-electron chi connectivity index (χ3n) is 1.18. The number of hydrogen-bond acceptors (Lipinski definition) is 1. The van der Waals surface area contributed by atoms with Gasteiger partial charge in [-0.3, -0.25) is 5.32 Å². The molecule has 0 aliphatic carbocycles. The molecule has 2 N–H and O–H groups in total. The molecule has 1 rings (SSSR count). The summed E-state index contributed by atoms with van der Waals surface area (Å²) in [6, 6.07) is 0.556. The second kappa shape index (κ2) is 1.62. The number of rotatable bonds is 0. The molecule has 0 radical (unpaired) electrons. The highest BCUT2D eigenvalue weighted by atomic mass is 15.1. The molecule has 1 atom stereocenters. The Hall–Kier alpha value is -0.370. The van der Waals surface area contributed by atoms with Crippen LogP contribution in [0.15, 0.2) is 4.99 Å². The zero-order valence-corrected chi connectivity index (χ0v) is 4.81. The van der Waals surface area contributed by atoms with E-state index in [-0.39, 0.29) is 0 Å². The number of aliphatic imine (C=N–C) groups is 1. The summed E-state index contributed by atoms with van der Waals surface area (Å²) in [7, 11) is 0. The summed E-state index contributed by atoms with van der Waals surface area (Å²) in [5, 5.41) is 2.17. The highest BCUT2D eigenvalue weighted by molar-refractivity contribution is 5.70. The lowest BCUT2D eigenvalue weighted by Crippen LogP contribution is -2.85. The van der Waals surface area contributed by atoms with E-state index >= 15 is 0 Å². The quantitative estimate of drug-likeness (QED) is 0.419.